The van der Waals surface area contributed by atoms with E-state index in [0.717, 1.165) is 17.7 Å². The number of benzene rings is 2. The van der Waals surface area contributed by atoms with Gasteiger partial charge in [0.25, 0.3) is 5.91 Å². The fourth-order valence-electron chi connectivity index (χ4n) is 1.89. The van der Waals surface area contributed by atoms with Crippen LogP contribution in [-0.4, -0.2) is 18.7 Å². The van der Waals surface area contributed by atoms with Crippen LogP contribution in [0.25, 0.3) is 0 Å². The minimum atomic E-state index is -0.269. The Hall–Kier alpha value is -2.33. The van der Waals surface area contributed by atoms with Crippen LogP contribution in [0.1, 0.15) is 36.2 Å². The summed E-state index contributed by atoms with van der Waals surface area (Å²) in [6.07, 6.45) is 2.57. The number of nitrogens with zero attached hydrogens (tertiary/aromatic N) is 1. The molecule has 0 bridgehead atoms. The fourth-order valence-corrected chi connectivity index (χ4v) is 2.02. The summed E-state index contributed by atoms with van der Waals surface area (Å²) in [5.41, 5.74) is 3.88. The normalized spacial score (nSPS) is 11.0. The molecule has 0 aliphatic rings. The Kier molecular flexibility index (Phi) is 6.82. The van der Waals surface area contributed by atoms with Crippen molar-refractivity contribution in [2.24, 2.45) is 11.0 Å². The highest BCUT2D eigenvalue weighted by molar-refractivity contribution is 6.30. The molecule has 4 nitrogen and oxygen atoms in total. The Bertz CT molecular complexity index is 680. The van der Waals surface area contributed by atoms with Crippen LogP contribution in [0.15, 0.2) is 53.6 Å². The monoisotopic (exact) mass is 344 g/mol. The molecule has 2 aromatic carbocycles. The van der Waals surface area contributed by atoms with Gasteiger partial charge in [-0.1, -0.05) is 37.6 Å². The van der Waals surface area contributed by atoms with E-state index >= 15 is 0 Å². The molecule has 0 unspecified atom stereocenters. The van der Waals surface area contributed by atoms with Gasteiger partial charge in [-0.2, -0.15) is 5.10 Å². The number of carbonyl (C=O) groups excluding carboxylic acids is 1. The average molecular weight is 345 g/mol. The first-order valence-electron chi connectivity index (χ1n) is 7.86. The van der Waals surface area contributed by atoms with Gasteiger partial charge in [-0.25, -0.2) is 5.43 Å². The van der Waals surface area contributed by atoms with Crippen molar-refractivity contribution in [3.05, 3.63) is 64.7 Å². The molecule has 2 rings (SSSR count). The summed E-state index contributed by atoms with van der Waals surface area (Å²) in [4.78, 5) is 12.0. The number of hydrazone groups is 1. The highest BCUT2D eigenvalue weighted by Crippen LogP contribution is 2.13. The third kappa shape index (κ3) is 6.05. The first kappa shape index (κ1) is 18.0. The Morgan fingerprint density at radius 1 is 1.17 bits per heavy atom. The van der Waals surface area contributed by atoms with Gasteiger partial charge in [-0.05, 0) is 54.3 Å². The molecule has 0 atom stereocenters. The molecule has 0 saturated carbocycles. The highest BCUT2D eigenvalue weighted by Gasteiger charge is 2.04. The Morgan fingerprint density at radius 3 is 2.46 bits per heavy atom. The molecule has 0 aliphatic carbocycles. The molecular weight excluding hydrogens is 324 g/mol. The van der Waals surface area contributed by atoms with Crippen LogP contribution in [0.5, 0.6) is 5.75 Å². The molecule has 0 aliphatic heterocycles. The molecule has 0 heterocycles. The van der Waals surface area contributed by atoms with E-state index in [-0.39, 0.29) is 5.91 Å². The van der Waals surface area contributed by atoms with Crippen LogP contribution in [0.3, 0.4) is 0 Å². The summed E-state index contributed by atoms with van der Waals surface area (Å²) in [7, 11) is 0. The van der Waals surface area contributed by atoms with E-state index < -0.39 is 0 Å². The van der Waals surface area contributed by atoms with Crippen LogP contribution < -0.4 is 10.2 Å². The van der Waals surface area contributed by atoms with Crippen LogP contribution in [0.4, 0.5) is 0 Å². The molecular formula is C19H21ClN2O2. The zero-order valence-corrected chi connectivity index (χ0v) is 14.6. The molecule has 0 fully saturated rings. The Balaban J connectivity index is 1.84. The van der Waals surface area contributed by atoms with Gasteiger partial charge in [0.1, 0.15) is 5.75 Å². The van der Waals surface area contributed by atoms with E-state index in [1.165, 1.54) is 0 Å². The lowest BCUT2D eigenvalue weighted by Crippen LogP contribution is -2.17. The van der Waals surface area contributed by atoms with E-state index in [0.29, 0.717) is 23.1 Å². The molecule has 5 heteroatoms. The second-order valence-electron chi connectivity index (χ2n) is 5.81. The van der Waals surface area contributed by atoms with Crippen molar-refractivity contribution in [2.75, 3.05) is 6.61 Å². The zero-order valence-electron chi connectivity index (χ0n) is 13.8. The molecule has 1 amide bonds. The van der Waals surface area contributed by atoms with Gasteiger partial charge in [0.05, 0.1) is 12.8 Å². The predicted octanol–water partition coefficient (Wildman–Crippen LogP) is 4.53. The van der Waals surface area contributed by atoms with Crippen molar-refractivity contribution in [1.82, 2.24) is 5.43 Å². The molecule has 0 saturated heterocycles. The summed E-state index contributed by atoms with van der Waals surface area (Å²) in [5, 5.41) is 4.60. The lowest BCUT2D eigenvalue weighted by Gasteiger charge is -2.08. The maximum atomic E-state index is 12.0. The van der Waals surface area contributed by atoms with Gasteiger partial charge in [-0.3, -0.25) is 4.79 Å². The van der Waals surface area contributed by atoms with E-state index in [9.17, 15) is 4.79 Å². The van der Waals surface area contributed by atoms with Gasteiger partial charge >= 0.3 is 0 Å². The van der Waals surface area contributed by atoms with Crippen molar-refractivity contribution >= 4 is 23.7 Å². The minimum Gasteiger partial charge on any atom is -0.494 e. The minimum absolute atomic E-state index is 0.269. The van der Waals surface area contributed by atoms with E-state index in [2.05, 4.69) is 24.4 Å². The summed E-state index contributed by atoms with van der Waals surface area (Å²) in [6, 6.07) is 14.2. The molecule has 0 spiro atoms. The van der Waals surface area contributed by atoms with Gasteiger partial charge in [0.15, 0.2) is 0 Å². The van der Waals surface area contributed by atoms with Gasteiger partial charge in [0.2, 0.25) is 0 Å². The van der Waals surface area contributed by atoms with Crippen molar-refractivity contribution in [1.29, 1.82) is 0 Å². The second kappa shape index (κ2) is 9.08. The van der Waals surface area contributed by atoms with Crippen LogP contribution in [0.2, 0.25) is 5.02 Å². The Labute approximate surface area is 147 Å². The summed E-state index contributed by atoms with van der Waals surface area (Å²) < 4.78 is 5.63. The van der Waals surface area contributed by atoms with Crippen molar-refractivity contribution < 1.29 is 9.53 Å². The largest absolute Gasteiger partial charge is 0.494 e. The van der Waals surface area contributed by atoms with Crippen LogP contribution in [-0.2, 0) is 0 Å². The number of ether oxygens (including phenoxy) is 1. The number of amides is 1. The number of nitrogens with one attached hydrogen (secondary N) is 1. The van der Waals surface area contributed by atoms with E-state index in [1.54, 1.807) is 42.6 Å². The number of halogens is 1. The maximum Gasteiger partial charge on any atom is 0.271 e. The van der Waals surface area contributed by atoms with Crippen molar-refractivity contribution in [3.8, 4) is 5.75 Å². The quantitative estimate of drug-likeness (QED) is 0.592. The number of hydrogen-bond acceptors (Lipinski definition) is 3. The molecule has 0 aromatic heterocycles. The third-order valence-electron chi connectivity index (χ3n) is 3.33. The predicted molar refractivity (Wildman–Crippen MR) is 97.9 cm³/mol. The summed E-state index contributed by atoms with van der Waals surface area (Å²) >= 11 is 5.81. The maximum absolute atomic E-state index is 12.0. The smallest absolute Gasteiger partial charge is 0.271 e. The fraction of sp³-hybridized carbons (Fsp3) is 0.263. The average Bonchev–Trinajstić information content (AvgIpc) is 2.57. The first-order valence-corrected chi connectivity index (χ1v) is 8.24. The second-order valence-corrected chi connectivity index (χ2v) is 6.24. The van der Waals surface area contributed by atoms with Crippen LogP contribution in [0, 0.1) is 5.92 Å². The SMILES string of the molecule is CC(C)CCOc1ccc(C(=O)N/N=C/c2ccc(Cl)cc2)cc1. The number of rotatable bonds is 7. The van der Waals surface area contributed by atoms with Gasteiger partial charge in [0, 0.05) is 10.6 Å². The lowest BCUT2D eigenvalue weighted by molar-refractivity contribution is 0.0955. The topological polar surface area (TPSA) is 50.7 Å². The van der Waals surface area contributed by atoms with Gasteiger partial charge < -0.3 is 4.74 Å². The third-order valence-corrected chi connectivity index (χ3v) is 3.58. The van der Waals surface area contributed by atoms with E-state index in [1.807, 2.05) is 12.1 Å². The first-order chi connectivity index (χ1) is 11.5. The Morgan fingerprint density at radius 2 is 1.83 bits per heavy atom. The lowest BCUT2D eigenvalue weighted by atomic mass is 10.1. The molecule has 1 N–H and O–H groups in total. The summed E-state index contributed by atoms with van der Waals surface area (Å²) in [5.74, 6) is 1.10. The van der Waals surface area contributed by atoms with Gasteiger partial charge in [-0.15, -0.1) is 0 Å². The summed E-state index contributed by atoms with van der Waals surface area (Å²) in [6.45, 7) is 4.98. The molecule has 126 valence electrons. The molecule has 24 heavy (non-hydrogen) atoms. The molecule has 0 radical (unpaired) electrons. The van der Waals surface area contributed by atoms with E-state index in [4.69, 9.17) is 16.3 Å². The number of carbonyl (C=O) groups is 1. The van der Waals surface area contributed by atoms with Crippen molar-refractivity contribution in [2.45, 2.75) is 20.3 Å². The standard InChI is InChI=1S/C19H21ClN2O2/c1-14(2)11-12-24-18-9-5-16(6-10-18)19(23)22-21-13-15-3-7-17(20)8-4-15/h3-10,13-14H,11-12H2,1-2H3,(H,22,23)/b21-13+. The van der Waals surface area contributed by atoms with Crippen molar-refractivity contribution in [3.63, 3.8) is 0 Å². The van der Waals surface area contributed by atoms with Crippen LogP contribution >= 0.6 is 11.6 Å². The zero-order chi connectivity index (χ0) is 17.4. The number of hydrogen-bond donors (Lipinski definition) is 1. The highest BCUT2D eigenvalue weighted by atomic mass is 35.5. The molecule has 2 aromatic rings.